The number of carbonyl (C=O) groups excluding carboxylic acids is 1. The van der Waals surface area contributed by atoms with Gasteiger partial charge in [-0.1, -0.05) is 15.9 Å². The standard InChI is InChI=1S/C17H14BrN3O3/c1-19-15-4-5-16(20-17(15)21-6-8-23-9-7-21)24-13-2-3-14(18)12(10-13)11-22/h2-5,10-11H,6-9H2. The molecule has 1 aromatic carbocycles. The number of rotatable bonds is 4. The summed E-state index contributed by atoms with van der Waals surface area (Å²) >= 11 is 3.30. The number of aromatic nitrogens is 1. The Balaban J connectivity index is 1.89. The van der Waals surface area contributed by atoms with Crippen molar-refractivity contribution in [1.29, 1.82) is 0 Å². The van der Waals surface area contributed by atoms with Gasteiger partial charge >= 0.3 is 0 Å². The molecule has 0 radical (unpaired) electrons. The molecule has 0 spiro atoms. The van der Waals surface area contributed by atoms with Crippen LogP contribution in [0.5, 0.6) is 11.6 Å². The second kappa shape index (κ2) is 7.43. The summed E-state index contributed by atoms with van der Waals surface area (Å²) in [5.74, 6) is 1.48. The summed E-state index contributed by atoms with van der Waals surface area (Å²) in [6, 6.07) is 8.47. The van der Waals surface area contributed by atoms with E-state index in [0.717, 1.165) is 6.29 Å². The normalized spacial score (nSPS) is 14.1. The molecule has 2 aromatic rings. The quantitative estimate of drug-likeness (QED) is 0.589. The zero-order chi connectivity index (χ0) is 16.9. The van der Waals surface area contributed by atoms with Gasteiger partial charge in [0, 0.05) is 23.1 Å². The summed E-state index contributed by atoms with van der Waals surface area (Å²) in [5, 5.41) is 0. The van der Waals surface area contributed by atoms with Crippen molar-refractivity contribution in [3.63, 3.8) is 0 Å². The lowest BCUT2D eigenvalue weighted by atomic mass is 10.2. The molecule has 1 aliphatic heterocycles. The first-order valence-corrected chi connectivity index (χ1v) is 8.14. The van der Waals surface area contributed by atoms with Crippen molar-refractivity contribution < 1.29 is 14.3 Å². The Morgan fingerprint density at radius 2 is 2.08 bits per heavy atom. The summed E-state index contributed by atoms with van der Waals surface area (Å²) in [4.78, 5) is 21.0. The van der Waals surface area contributed by atoms with Crippen LogP contribution in [0, 0.1) is 6.57 Å². The average Bonchev–Trinajstić information content (AvgIpc) is 2.64. The molecule has 7 heteroatoms. The van der Waals surface area contributed by atoms with E-state index in [4.69, 9.17) is 16.0 Å². The number of carbonyl (C=O) groups is 1. The van der Waals surface area contributed by atoms with Gasteiger partial charge in [-0.2, -0.15) is 0 Å². The molecule has 3 rings (SSSR count). The third-order valence-electron chi connectivity index (χ3n) is 3.58. The lowest BCUT2D eigenvalue weighted by molar-refractivity contribution is 0.112. The largest absolute Gasteiger partial charge is 0.439 e. The summed E-state index contributed by atoms with van der Waals surface area (Å²) in [6.07, 6.45) is 0.756. The lowest BCUT2D eigenvalue weighted by Gasteiger charge is -2.28. The predicted octanol–water partition coefficient (Wildman–Crippen LogP) is 3.84. The summed E-state index contributed by atoms with van der Waals surface area (Å²) in [6.45, 7) is 9.91. The van der Waals surface area contributed by atoms with E-state index in [-0.39, 0.29) is 0 Å². The van der Waals surface area contributed by atoms with E-state index < -0.39 is 0 Å². The minimum absolute atomic E-state index is 0.378. The maximum absolute atomic E-state index is 11.0. The van der Waals surface area contributed by atoms with Crippen molar-refractivity contribution in [2.75, 3.05) is 31.2 Å². The summed E-state index contributed by atoms with van der Waals surface area (Å²) < 4.78 is 11.8. The molecule has 6 nitrogen and oxygen atoms in total. The molecule has 0 aliphatic carbocycles. The second-order valence-electron chi connectivity index (χ2n) is 5.11. The Morgan fingerprint density at radius 1 is 1.29 bits per heavy atom. The highest BCUT2D eigenvalue weighted by Crippen LogP contribution is 2.32. The molecule has 24 heavy (non-hydrogen) atoms. The Bertz CT molecular complexity index is 798. The molecular formula is C17H14BrN3O3. The van der Waals surface area contributed by atoms with Gasteiger partial charge in [-0.3, -0.25) is 4.79 Å². The number of anilines is 1. The van der Waals surface area contributed by atoms with Gasteiger partial charge in [-0.05, 0) is 30.3 Å². The third kappa shape index (κ3) is 3.55. The zero-order valence-corrected chi connectivity index (χ0v) is 14.3. The molecule has 1 aromatic heterocycles. The number of benzene rings is 1. The smallest absolute Gasteiger partial charge is 0.228 e. The number of hydrogen-bond donors (Lipinski definition) is 0. The van der Waals surface area contributed by atoms with Crippen LogP contribution in [0.3, 0.4) is 0 Å². The first kappa shape index (κ1) is 16.4. The molecule has 122 valence electrons. The first-order chi connectivity index (χ1) is 11.7. The molecule has 0 unspecified atom stereocenters. The van der Waals surface area contributed by atoms with Crippen LogP contribution in [0.1, 0.15) is 10.4 Å². The van der Waals surface area contributed by atoms with Crippen LogP contribution in [0.2, 0.25) is 0 Å². The van der Waals surface area contributed by atoms with E-state index in [1.807, 2.05) is 4.90 Å². The van der Waals surface area contributed by atoms with Crippen molar-refractivity contribution >= 4 is 33.7 Å². The summed E-state index contributed by atoms with van der Waals surface area (Å²) in [7, 11) is 0. The molecule has 1 aliphatic rings. The fourth-order valence-corrected chi connectivity index (χ4v) is 2.71. The highest BCUT2D eigenvalue weighted by molar-refractivity contribution is 9.10. The number of halogens is 1. The molecule has 0 saturated carbocycles. The third-order valence-corrected chi connectivity index (χ3v) is 4.30. The number of nitrogens with zero attached hydrogens (tertiary/aromatic N) is 3. The van der Waals surface area contributed by atoms with Gasteiger partial charge in [0.2, 0.25) is 11.6 Å². The van der Waals surface area contributed by atoms with Crippen LogP contribution in [-0.2, 0) is 4.74 Å². The number of aldehydes is 1. The Kier molecular flexibility index (Phi) is 5.08. The summed E-state index contributed by atoms with van der Waals surface area (Å²) in [5.41, 5.74) is 0.979. The van der Waals surface area contributed by atoms with Crippen LogP contribution < -0.4 is 9.64 Å². The van der Waals surface area contributed by atoms with Gasteiger partial charge in [0.15, 0.2) is 6.29 Å². The predicted molar refractivity (Wildman–Crippen MR) is 93.1 cm³/mol. The van der Waals surface area contributed by atoms with Gasteiger partial charge in [0.1, 0.15) is 11.6 Å². The Labute approximate surface area is 148 Å². The lowest BCUT2D eigenvalue weighted by Crippen LogP contribution is -2.36. The van der Waals surface area contributed by atoms with Crippen LogP contribution in [0.15, 0.2) is 34.8 Å². The van der Waals surface area contributed by atoms with Gasteiger partial charge < -0.3 is 14.4 Å². The highest BCUT2D eigenvalue weighted by atomic mass is 79.9. The maximum atomic E-state index is 11.0. The van der Waals surface area contributed by atoms with Crippen molar-refractivity contribution in [2.45, 2.75) is 0 Å². The van der Waals surface area contributed by atoms with Crippen molar-refractivity contribution in [1.82, 2.24) is 4.98 Å². The zero-order valence-electron chi connectivity index (χ0n) is 12.7. The molecule has 0 bridgehead atoms. The van der Waals surface area contributed by atoms with E-state index >= 15 is 0 Å². The van der Waals surface area contributed by atoms with E-state index in [0.29, 0.717) is 59.5 Å². The van der Waals surface area contributed by atoms with E-state index in [2.05, 4.69) is 25.8 Å². The minimum Gasteiger partial charge on any atom is -0.439 e. The SMILES string of the molecule is [C-]#[N+]c1ccc(Oc2ccc(Br)c(C=O)c2)nc1N1CCOCC1. The number of ether oxygens (including phenoxy) is 2. The van der Waals surface area contributed by atoms with Crippen molar-refractivity contribution in [2.24, 2.45) is 0 Å². The van der Waals surface area contributed by atoms with Gasteiger partial charge in [0.05, 0.1) is 19.8 Å². The van der Waals surface area contributed by atoms with Crippen LogP contribution in [0.25, 0.3) is 4.85 Å². The van der Waals surface area contributed by atoms with E-state index in [1.54, 1.807) is 30.3 Å². The first-order valence-electron chi connectivity index (χ1n) is 7.35. The van der Waals surface area contributed by atoms with Crippen LogP contribution in [0.4, 0.5) is 11.5 Å². The number of morpholine rings is 1. The maximum Gasteiger partial charge on any atom is 0.228 e. The van der Waals surface area contributed by atoms with Gasteiger partial charge in [-0.15, -0.1) is 0 Å². The number of hydrogen-bond acceptors (Lipinski definition) is 5. The van der Waals surface area contributed by atoms with Crippen molar-refractivity contribution in [3.8, 4) is 11.6 Å². The van der Waals surface area contributed by atoms with Crippen molar-refractivity contribution in [3.05, 3.63) is 51.8 Å². The fraction of sp³-hybridized carbons (Fsp3) is 0.235. The van der Waals surface area contributed by atoms with Gasteiger partial charge in [0.25, 0.3) is 0 Å². The Morgan fingerprint density at radius 3 is 2.79 bits per heavy atom. The van der Waals surface area contributed by atoms with E-state index in [1.165, 1.54) is 0 Å². The fourth-order valence-electron chi connectivity index (χ4n) is 2.37. The molecule has 0 N–H and O–H groups in total. The molecular weight excluding hydrogens is 374 g/mol. The molecule has 0 atom stereocenters. The molecule has 0 amide bonds. The number of pyridine rings is 1. The topological polar surface area (TPSA) is 56.0 Å². The molecule has 1 fully saturated rings. The highest BCUT2D eigenvalue weighted by Gasteiger charge is 2.17. The Hall–Kier alpha value is -2.43. The monoisotopic (exact) mass is 387 g/mol. The second-order valence-corrected chi connectivity index (χ2v) is 5.96. The average molecular weight is 388 g/mol. The van der Waals surface area contributed by atoms with E-state index in [9.17, 15) is 4.79 Å². The van der Waals surface area contributed by atoms with Crippen LogP contribution in [-0.4, -0.2) is 37.6 Å². The van der Waals surface area contributed by atoms with Gasteiger partial charge in [-0.25, -0.2) is 9.83 Å². The molecule has 1 saturated heterocycles. The molecule has 2 heterocycles. The minimum atomic E-state index is 0.378. The van der Waals surface area contributed by atoms with Crippen LogP contribution >= 0.6 is 15.9 Å².